The number of benzene rings is 1. The zero-order chi connectivity index (χ0) is 22.5. The van der Waals surface area contributed by atoms with E-state index in [1.54, 1.807) is 6.08 Å². The first kappa shape index (κ1) is 24.4. The highest BCUT2D eigenvalue weighted by Crippen LogP contribution is 2.21. The Hall–Kier alpha value is -2.84. The Balaban J connectivity index is 1.79. The molecule has 166 valence electrons. The molecule has 2 rings (SSSR count). The summed E-state index contributed by atoms with van der Waals surface area (Å²) in [6.07, 6.45) is 10.9. The van der Waals surface area contributed by atoms with Gasteiger partial charge in [-0.15, -0.1) is 0 Å². The molecule has 0 spiro atoms. The Labute approximate surface area is 185 Å². The molecular formula is C26H33NO4. The summed E-state index contributed by atoms with van der Waals surface area (Å²) >= 11 is 0. The number of allylic oxidation sites excluding steroid dienone is 1. The summed E-state index contributed by atoms with van der Waals surface area (Å²) in [5.41, 5.74) is 0.971. The second kappa shape index (κ2) is 13.5. The predicted octanol–water partition coefficient (Wildman–Crippen LogP) is 3.87. The molecule has 1 saturated heterocycles. The lowest BCUT2D eigenvalue weighted by molar-refractivity contribution is -0.140. The van der Waals surface area contributed by atoms with E-state index in [-0.39, 0.29) is 23.8 Å². The first-order valence-electron chi connectivity index (χ1n) is 10.9. The molecule has 0 radical (unpaired) electrons. The highest BCUT2D eigenvalue weighted by atomic mass is 16.5. The molecule has 3 atom stereocenters. The van der Waals surface area contributed by atoms with E-state index in [0.29, 0.717) is 25.8 Å². The normalized spacial score (nSPS) is 18.2. The molecule has 1 aliphatic rings. The van der Waals surface area contributed by atoms with Gasteiger partial charge < -0.3 is 14.7 Å². The van der Waals surface area contributed by atoms with Crippen LogP contribution in [-0.2, 0) is 14.3 Å². The van der Waals surface area contributed by atoms with Crippen LogP contribution in [-0.4, -0.2) is 47.7 Å². The third-order valence-electron chi connectivity index (χ3n) is 5.37. The van der Waals surface area contributed by atoms with E-state index in [1.807, 2.05) is 60.4 Å². The van der Waals surface area contributed by atoms with Gasteiger partial charge in [0, 0.05) is 31.4 Å². The van der Waals surface area contributed by atoms with E-state index >= 15 is 0 Å². The minimum Gasteiger partial charge on any atom is -0.469 e. The molecule has 0 saturated carbocycles. The van der Waals surface area contributed by atoms with Crippen LogP contribution in [0.5, 0.6) is 0 Å². The second-order valence-electron chi connectivity index (χ2n) is 7.82. The number of likely N-dealkylation sites (tertiary alicyclic amines) is 1. The monoisotopic (exact) mass is 423 g/mol. The number of unbranched alkanes of at least 4 members (excludes halogenated alkanes) is 1. The number of hydrogen-bond donors (Lipinski definition) is 1. The van der Waals surface area contributed by atoms with Gasteiger partial charge in [-0.2, -0.15) is 0 Å². The molecule has 1 N–H and O–H groups in total. The minimum atomic E-state index is -0.600. The summed E-state index contributed by atoms with van der Waals surface area (Å²) in [5.74, 6) is 6.19. The number of nitrogens with zero attached hydrogens (tertiary/aromatic N) is 1. The first-order chi connectivity index (χ1) is 15.0. The molecule has 0 unspecified atom stereocenters. The van der Waals surface area contributed by atoms with E-state index < -0.39 is 6.10 Å². The summed E-state index contributed by atoms with van der Waals surface area (Å²) < 4.78 is 4.62. The molecule has 31 heavy (non-hydrogen) atoms. The lowest BCUT2D eigenvalue weighted by atomic mass is 9.99. The van der Waals surface area contributed by atoms with Crippen LogP contribution in [0.4, 0.5) is 0 Å². The Morgan fingerprint density at radius 1 is 1.32 bits per heavy atom. The molecule has 1 aromatic carbocycles. The first-order valence-corrected chi connectivity index (χ1v) is 10.9. The second-order valence-corrected chi connectivity index (χ2v) is 7.82. The van der Waals surface area contributed by atoms with Gasteiger partial charge in [-0.3, -0.25) is 9.59 Å². The SMILES string of the molecule is COC(=O)CCCC=CCN1C(=O)CC[C@@H]1C=C[C@@H](O)[C@@H](C)CC#Cc1ccccc1. The highest BCUT2D eigenvalue weighted by molar-refractivity contribution is 5.79. The van der Waals surface area contributed by atoms with Gasteiger partial charge in [0.2, 0.25) is 5.91 Å². The lowest BCUT2D eigenvalue weighted by Gasteiger charge is -2.21. The molecule has 5 heteroatoms. The molecule has 0 aromatic heterocycles. The predicted molar refractivity (Wildman–Crippen MR) is 122 cm³/mol. The van der Waals surface area contributed by atoms with Crippen molar-refractivity contribution < 1.29 is 19.4 Å². The number of rotatable bonds is 10. The van der Waals surface area contributed by atoms with Crippen molar-refractivity contribution >= 4 is 11.9 Å². The van der Waals surface area contributed by atoms with Crippen LogP contribution < -0.4 is 0 Å². The van der Waals surface area contributed by atoms with Crippen molar-refractivity contribution in [3.8, 4) is 11.8 Å². The zero-order valence-corrected chi connectivity index (χ0v) is 18.5. The Morgan fingerprint density at radius 2 is 2.10 bits per heavy atom. The number of carbonyl (C=O) groups is 2. The lowest BCUT2D eigenvalue weighted by Crippen LogP contribution is -2.32. The van der Waals surface area contributed by atoms with Gasteiger partial charge in [0.1, 0.15) is 0 Å². The fourth-order valence-electron chi connectivity index (χ4n) is 3.35. The van der Waals surface area contributed by atoms with Crippen molar-refractivity contribution in [3.63, 3.8) is 0 Å². The van der Waals surface area contributed by atoms with E-state index in [9.17, 15) is 14.7 Å². The molecule has 0 bridgehead atoms. The molecule has 1 heterocycles. The third kappa shape index (κ3) is 8.82. The largest absolute Gasteiger partial charge is 0.469 e. The van der Waals surface area contributed by atoms with Crippen molar-refractivity contribution in [2.45, 2.75) is 57.6 Å². The smallest absolute Gasteiger partial charge is 0.305 e. The van der Waals surface area contributed by atoms with Crippen LogP contribution in [0.3, 0.4) is 0 Å². The third-order valence-corrected chi connectivity index (χ3v) is 5.37. The number of esters is 1. The topological polar surface area (TPSA) is 66.8 Å². The standard InChI is InChI=1S/C26H33NO4/c1-21(11-10-14-22-12-6-5-7-13-22)24(28)18-16-23-17-19-25(29)27(23)20-9-4-3-8-15-26(30)31-2/h4-7,9,12-13,16,18,21,23-24,28H,3,8,11,15,17,19-20H2,1-2H3/t21-,23-,24+/m0/s1. The maximum atomic E-state index is 12.2. The van der Waals surface area contributed by atoms with E-state index in [1.165, 1.54) is 7.11 Å². The number of carbonyl (C=O) groups excluding carboxylic acids is 2. The van der Waals surface area contributed by atoms with Crippen LogP contribution >= 0.6 is 0 Å². The molecule has 1 fully saturated rings. The molecule has 1 aliphatic heterocycles. The van der Waals surface area contributed by atoms with Crippen molar-refractivity contribution in [2.75, 3.05) is 13.7 Å². The molecule has 1 aromatic rings. The quantitative estimate of drug-likeness (QED) is 0.268. The van der Waals surface area contributed by atoms with Crippen LogP contribution in [0.15, 0.2) is 54.6 Å². The summed E-state index contributed by atoms with van der Waals surface area (Å²) in [6.45, 7) is 2.52. The van der Waals surface area contributed by atoms with E-state index in [0.717, 1.165) is 24.8 Å². The van der Waals surface area contributed by atoms with Crippen LogP contribution in [0.25, 0.3) is 0 Å². The number of hydrogen-bond acceptors (Lipinski definition) is 4. The van der Waals surface area contributed by atoms with Crippen molar-refractivity contribution in [1.29, 1.82) is 0 Å². The Morgan fingerprint density at radius 3 is 2.84 bits per heavy atom. The summed E-state index contributed by atoms with van der Waals surface area (Å²) in [5, 5.41) is 10.5. The Bertz CT molecular complexity index is 819. The molecule has 5 nitrogen and oxygen atoms in total. The van der Waals surface area contributed by atoms with Gasteiger partial charge in [0.25, 0.3) is 0 Å². The Kier molecular flexibility index (Phi) is 10.6. The number of aliphatic hydroxyl groups is 1. The van der Waals surface area contributed by atoms with Crippen molar-refractivity contribution in [2.24, 2.45) is 5.92 Å². The van der Waals surface area contributed by atoms with Gasteiger partial charge in [-0.1, -0.05) is 61.3 Å². The summed E-state index contributed by atoms with van der Waals surface area (Å²) in [6, 6.07) is 9.81. The number of ether oxygens (including phenoxy) is 1. The molecule has 1 amide bonds. The van der Waals surface area contributed by atoms with Crippen LogP contribution in [0, 0.1) is 17.8 Å². The number of aliphatic hydroxyl groups excluding tert-OH is 1. The van der Waals surface area contributed by atoms with Gasteiger partial charge in [0.05, 0.1) is 19.3 Å². The maximum absolute atomic E-state index is 12.2. The van der Waals surface area contributed by atoms with Gasteiger partial charge in [-0.05, 0) is 37.3 Å². The fourth-order valence-corrected chi connectivity index (χ4v) is 3.35. The summed E-state index contributed by atoms with van der Waals surface area (Å²) in [4.78, 5) is 25.1. The number of amides is 1. The van der Waals surface area contributed by atoms with E-state index in [4.69, 9.17) is 0 Å². The van der Waals surface area contributed by atoms with Gasteiger partial charge >= 0.3 is 5.97 Å². The minimum absolute atomic E-state index is 0.00414. The average Bonchev–Trinajstić information content (AvgIpc) is 3.14. The van der Waals surface area contributed by atoms with E-state index in [2.05, 4.69) is 16.6 Å². The van der Waals surface area contributed by atoms with Gasteiger partial charge in [-0.25, -0.2) is 0 Å². The average molecular weight is 424 g/mol. The van der Waals surface area contributed by atoms with Gasteiger partial charge in [0.15, 0.2) is 0 Å². The van der Waals surface area contributed by atoms with Crippen molar-refractivity contribution in [1.82, 2.24) is 4.90 Å². The fraction of sp³-hybridized carbons (Fsp3) is 0.462. The zero-order valence-electron chi connectivity index (χ0n) is 18.5. The molecule has 0 aliphatic carbocycles. The highest BCUT2D eigenvalue weighted by Gasteiger charge is 2.28. The molecular weight excluding hydrogens is 390 g/mol. The van der Waals surface area contributed by atoms with Crippen molar-refractivity contribution in [3.05, 3.63) is 60.2 Å². The van der Waals surface area contributed by atoms with Crippen LogP contribution in [0.2, 0.25) is 0 Å². The maximum Gasteiger partial charge on any atom is 0.305 e. The number of methoxy groups -OCH3 is 1. The summed E-state index contributed by atoms with van der Waals surface area (Å²) in [7, 11) is 1.39. The van der Waals surface area contributed by atoms with Crippen LogP contribution in [0.1, 0.15) is 51.0 Å².